The lowest BCUT2D eigenvalue weighted by molar-refractivity contribution is 0.103. The number of rotatable bonds is 4. The number of hydrogen-bond donors (Lipinski definition) is 1. The van der Waals surface area contributed by atoms with Crippen LogP contribution in [0.3, 0.4) is 0 Å². The highest BCUT2D eigenvalue weighted by molar-refractivity contribution is 6.11. The van der Waals surface area contributed by atoms with E-state index in [2.05, 4.69) is 44.8 Å². The smallest absolute Gasteiger partial charge is 0.196 e. The fourth-order valence-electron chi connectivity index (χ4n) is 3.54. The number of benzene rings is 3. The van der Waals surface area contributed by atoms with Gasteiger partial charge in [-0.25, -0.2) is 0 Å². The van der Waals surface area contributed by atoms with Gasteiger partial charge in [0.2, 0.25) is 0 Å². The van der Waals surface area contributed by atoms with E-state index in [1.165, 1.54) is 4.80 Å². The molecule has 0 radical (unpaired) electrons. The Morgan fingerprint density at radius 1 is 0.935 bits per heavy atom. The molecule has 0 aliphatic rings. The lowest BCUT2D eigenvalue weighted by atomic mass is 9.84. The summed E-state index contributed by atoms with van der Waals surface area (Å²) < 4.78 is 0. The van der Waals surface area contributed by atoms with Crippen molar-refractivity contribution in [3.8, 4) is 11.4 Å². The average Bonchev–Trinajstić information content (AvgIpc) is 3.16. The minimum absolute atomic E-state index is 0.117. The minimum atomic E-state index is -0.232. The Morgan fingerprint density at radius 3 is 2.16 bits per heavy atom. The van der Waals surface area contributed by atoms with Crippen molar-refractivity contribution < 1.29 is 9.90 Å². The van der Waals surface area contributed by atoms with E-state index in [1.54, 1.807) is 12.1 Å². The van der Waals surface area contributed by atoms with Crippen molar-refractivity contribution in [2.75, 3.05) is 0 Å². The number of fused-ring (bicyclic) bond motifs is 1. The van der Waals surface area contributed by atoms with Crippen molar-refractivity contribution in [2.45, 2.75) is 46.0 Å². The van der Waals surface area contributed by atoms with Crippen LogP contribution in [0.1, 0.15) is 67.6 Å². The lowest BCUT2D eigenvalue weighted by Crippen LogP contribution is -2.15. The quantitative estimate of drug-likeness (QED) is 0.431. The van der Waals surface area contributed by atoms with Crippen molar-refractivity contribution in [3.63, 3.8) is 0 Å². The van der Waals surface area contributed by atoms with Gasteiger partial charge in [-0.05, 0) is 52.8 Å². The molecule has 4 aromatic rings. The number of hydrogen-bond acceptors (Lipinski definition) is 4. The number of phenolic OH excluding ortho intramolecular Hbond substituents is 1. The standard InChI is InChI=1S/C26H27N3O2/c1-16(2)17-9-8-10-18(13-17)24(30)20-14-19(26(3,4)5)15-23(25(20)31)29-27-21-11-6-7-12-22(21)28-29/h6-16,31H,1-5H3. The number of phenols is 1. The van der Waals surface area contributed by atoms with Crippen LogP contribution < -0.4 is 0 Å². The molecule has 4 rings (SSSR count). The summed E-state index contributed by atoms with van der Waals surface area (Å²) in [5.41, 5.74) is 4.42. The molecule has 0 saturated heterocycles. The van der Waals surface area contributed by atoms with Gasteiger partial charge in [0, 0.05) is 5.56 Å². The third-order valence-electron chi connectivity index (χ3n) is 5.52. The molecule has 31 heavy (non-hydrogen) atoms. The summed E-state index contributed by atoms with van der Waals surface area (Å²) in [4.78, 5) is 14.9. The minimum Gasteiger partial charge on any atom is -0.505 e. The molecule has 0 aliphatic heterocycles. The molecule has 5 nitrogen and oxygen atoms in total. The first-order valence-corrected chi connectivity index (χ1v) is 10.5. The Morgan fingerprint density at radius 2 is 1.58 bits per heavy atom. The van der Waals surface area contributed by atoms with E-state index >= 15 is 0 Å². The molecule has 0 aliphatic carbocycles. The van der Waals surface area contributed by atoms with E-state index in [0.29, 0.717) is 17.2 Å². The maximum atomic E-state index is 13.5. The van der Waals surface area contributed by atoms with E-state index in [4.69, 9.17) is 0 Å². The van der Waals surface area contributed by atoms with Crippen molar-refractivity contribution in [3.05, 3.63) is 82.9 Å². The average molecular weight is 414 g/mol. The van der Waals surface area contributed by atoms with Gasteiger partial charge in [-0.15, -0.1) is 15.0 Å². The predicted octanol–water partition coefficient (Wildman–Crippen LogP) is 5.78. The second kappa shape index (κ2) is 7.65. The monoisotopic (exact) mass is 413 g/mol. The molecule has 0 bridgehead atoms. The van der Waals surface area contributed by atoms with Gasteiger partial charge in [0.25, 0.3) is 0 Å². The summed E-state index contributed by atoms with van der Waals surface area (Å²) in [6, 6.07) is 18.7. The first-order chi connectivity index (χ1) is 14.6. The molecule has 0 amide bonds. The van der Waals surface area contributed by atoms with Crippen molar-refractivity contribution in [2.24, 2.45) is 0 Å². The van der Waals surface area contributed by atoms with Crippen LogP contribution in [-0.4, -0.2) is 25.9 Å². The molecule has 5 heteroatoms. The van der Waals surface area contributed by atoms with E-state index in [-0.39, 0.29) is 22.5 Å². The van der Waals surface area contributed by atoms with Crippen molar-refractivity contribution in [1.29, 1.82) is 0 Å². The molecule has 1 heterocycles. The van der Waals surface area contributed by atoms with Gasteiger partial charge in [-0.3, -0.25) is 4.79 Å². The molecule has 0 spiro atoms. The van der Waals surface area contributed by atoms with Crippen LogP contribution in [0, 0.1) is 0 Å². The fourth-order valence-corrected chi connectivity index (χ4v) is 3.54. The van der Waals surface area contributed by atoms with Gasteiger partial charge in [0.15, 0.2) is 11.5 Å². The zero-order valence-electron chi connectivity index (χ0n) is 18.5. The first kappa shape index (κ1) is 20.8. The summed E-state index contributed by atoms with van der Waals surface area (Å²) in [6.45, 7) is 10.4. The van der Waals surface area contributed by atoms with E-state index < -0.39 is 0 Å². The van der Waals surface area contributed by atoms with Crippen LogP contribution in [0.2, 0.25) is 0 Å². The maximum absolute atomic E-state index is 13.5. The van der Waals surface area contributed by atoms with Gasteiger partial charge in [0.1, 0.15) is 16.7 Å². The molecule has 0 atom stereocenters. The maximum Gasteiger partial charge on any atom is 0.196 e. The number of ketones is 1. The molecule has 0 saturated carbocycles. The Kier molecular flexibility index (Phi) is 5.13. The molecular formula is C26H27N3O2. The number of aromatic nitrogens is 3. The van der Waals surface area contributed by atoms with Crippen molar-refractivity contribution >= 4 is 16.8 Å². The number of aromatic hydroxyl groups is 1. The Bertz CT molecular complexity index is 1250. The topological polar surface area (TPSA) is 68.0 Å². The van der Waals surface area contributed by atoms with Crippen molar-refractivity contribution in [1.82, 2.24) is 15.0 Å². The van der Waals surface area contributed by atoms with Crippen LogP contribution in [0.15, 0.2) is 60.7 Å². The van der Waals surface area contributed by atoms with E-state index in [9.17, 15) is 9.90 Å². The molecule has 1 N–H and O–H groups in total. The second-order valence-electron chi connectivity index (χ2n) is 9.23. The predicted molar refractivity (Wildman–Crippen MR) is 123 cm³/mol. The van der Waals surface area contributed by atoms with Gasteiger partial charge >= 0.3 is 0 Å². The third kappa shape index (κ3) is 3.96. The highest BCUT2D eigenvalue weighted by Gasteiger charge is 2.24. The van der Waals surface area contributed by atoms with Crippen LogP contribution in [-0.2, 0) is 5.41 Å². The molecular weight excluding hydrogens is 386 g/mol. The van der Waals surface area contributed by atoms with Gasteiger partial charge < -0.3 is 5.11 Å². The summed E-state index contributed by atoms with van der Waals surface area (Å²) in [7, 11) is 0. The van der Waals surface area contributed by atoms with Gasteiger partial charge in [-0.1, -0.05) is 65.0 Å². The molecule has 3 aromatic carbocycles. The van der Waals surface area contributed by atoms with E-state index in [0.717, 1.165) is 22.2 Å². The second-order valence-corrected chi connectivity index (χ2v) is 9.23. The highest BCUT2D eigenvalue weighted by atomic mass is 16.3. The Labute approximate surface area is 182 Å². The van der Waals surface area contributed by atoms with Gasteiger partial charge in [0.05, 0.1) is 5.56 Å². The van der Waals surface area contributed by atoms with Gasteiger partial charge in [-0.2, -0.15) is 0 Å². The normalized spacial score (nSPS) is 11.9. The van der Waals surface area contributed by atoms with E-state index in [1.807, 2.05) is 48.5 Å². The number of carbonyl (C=O) groups is 1. The third-order valence-corrected chi connectivity index (χ3v) is 5.52. The summed E-state index contributed by atoms with van der Waals surface area (Å²) >= 11 is 0. The highest BCUT2D eigenvalue weighted by Crippen LogP contribution is 2.34. The van der Waals surface area contributed by atoms with Crippen LogP contribution >= 0.6 is 0 Å². The SMILES string of the molecule is CC(C)c1cccc(C(=O)c2cc(C(C)(C)C)cc(-n3nc4ccccc4n3)c2O)c1. The fraction of sp³-hybridized carbons (Fsp3) is 0.269. The van der Waals surface area contributed by atoms with Crippen LogP contribution in [0.5, 0.6) is 5.75 Å². The Balaban J connectivity index is 1.91. The lowest BCUT2D eigenvalue weighted by Gasteiger charge is -2.22. The summed E-state index contributed by atoms with van der Waals surface area (Å²) in [5.74, 6) is -0.0316. The summed E-state index contributed by atoms with van der Waals surface area (Å²) in [6.07, 6.45) is 0. The molecule has 1 aromatic heterocycles. The Hall–Kier alpha value is -3.47. The number of carbonyl (C=O) groups excluding carboxylic acids is 1. The first-order valence-electron chi connectivity index (χ1n) is 10.5. The zero-order valence-corrected chi connectivity index (χ0v) is 18.5. The number of nitrogens with zero attached hydrogens (tertiary/aromatic N) is 3. The zero-order chi connectivity index (χ0) is 22.3. The molecule has 0 fully saturated rings. The van der Waals surface area contributed by atoms with Crippen LogP contribution in [0.25, 0.3) is 16.7 Å². The van der Waals surface area contributed by atoms with Crippen LogP contribution in [0.4, 0.5) is 0 Å². The largest absolute Gasteiger partial charge is 0.505 e. The molecule has 158 valence electrons. The molecule has 0 unspecified atom stereocenters. The summed E-state index contributed by atoms with van der Waals surface area (Å²) in [5, 5.41) is 20.2.